The van der Waals surface area contributed by atoms with Crippen LogP contribution in [0.4, 0.5) is 10.5 Å². The molecule has 4 rings (SSSR count). The zero-order valence-corrected chi connectivity index (χ0v) is 16.7. The summed E-state index contributed by atoms with van der Waals surface area (Å²) in [7, 11) is 1.71. The minimum atomic E-state index is -0.700. The average molecular weight is 393 g/mol. The van der Waals surface area contributed by atoms with Crippen LogP contribution in [-0.2, 0) is 11.2 Å². The molecule has 2 atom stereocenters. The van der Waals surface area contributed by atoms with Crippen molar-refractivity contribution in [2.75, 3.05) is 31.6 Å². The van der Waals surface area contributed by atoms with Crippen LogP contribution >= 0.6 is 0 Å². The molecule has 1 saturated heterocycles. The molecule has 0 saturated carbocycles. The van der Waals surface area contributed by atoms with E-state index < -0.39 is 6.04 Å². The zero-order valence-electron chi connectivity index (χ0n) is 16.7. The first-order valence-corrected chi connectivity index (χ1v) is 10.2. The number of benzene rings is 2. The van der Waals surface area contributed by atoms with Gasteiger partial charge in [-0.25, -0.2) is 4.79 Å². The number of anilines is 1. The Kier molecular flexibility index (Phi) is 5.69. The summed E-state index contributed by atoms with van der Waals surface area (Å²) in [6, 6.07) is 16.9. The van der Waals surface area contributed by atoms with Crippen LogP contribution in [0, 0.1) is 5.92 Å². The van der Waals surface area contributed by atoms with Crippen molar-refractivity contribution in [2.45, 2.75) is 25.3 Å². The maximum absolute atomic E-state index is 12.9. The highest BCUT2D eigenvalue weighted by molar-refractivity contribution is 6.00. The van der Waals surface area contributed by atoms with Gasteiger partial charge in [-0.1, -0.05) is 42.5 Å². The van der Waals surface area contributed by atoms with Gasteiger partial charge >= 0.3 is 6.03 Å². The summed E-state index contributed by atoms with van der Waals surface area (Å²) < 4.78 is 5.79. The summed E-state index contributed by atoms with van der Waals surface area (Å²) in [6.07, 6.45) is 3.06. The van der Waals surface area contributed by atoms with Gasteiger partial charge in [0.15, 0.2) is 0 Å². The number of rotatable bonds is 3. The molecule has 29 heavy (non-hydrogen) atoms. The molecule has 2 aromatic carbocycles. The van der Waals surface area contributed by atoms with Gasteiger partial charge < -0.3 is 19.9 Å². The van der Waals surface area contributed by atoms with E-state index in [1.165, 1.54) is 5.56 Å². The minimum Gasteiger partial charge on any atom is -0.489 e. The van der Waals surface area contributed by atoms with Gasteiger partial charge in [0.25, 0.3) is 5.91 Å². The highest BCUT2D eigenvalue weighted by Crippen LogP contribution is 2.30. The zero-order chi connectivity index (χ0) is 20.2. The third-order valence-electron chi connectivity index (χ3n) is 5.73. The molecule has 6 heteroatoms. The lowest BCUT2D eigenvalue weighted by Gasteiger charge is -2.34. The van der Waals surface area contributed by atoms with Crippen LogP contribution in [-0.4, -0.2) is 49.6 Å². The molecule has 0 radical (unpaired) electrons. The standard InChI is InChI=1S/C23H27N3O3/c1-25-20-11-5-6-12-21(20)29-16-19(22(25)27)24-23(28)26-13-7-10-18(15-26)14-17-8-3-2-4-9-17/h2-6,8-9,11-12,18-19H,7,10,13-16H2,1H3,(H,24,28)/t18-,19+/m1/s1. The summed E-state index contributed by atoms with van der Waals surface area (Å²) in [5.41, 5.74) is 2.02. The van der Waals surface area contributed by atoms with Crippen LogP contribution in [0.15, 0.2) is 54.6 Å². The van der Waals surface area contributed by atoms with E-state index in [2.05, 4.69) is 29.6 Å². The molecule has 1 N–H and O–H groups in total. The van der Waals surface area contributed by atoms with E-state index in [1.54, 1.807) is 11.9 Å². The Labute approximate surface area is 171 Å². The molecule has 0 unspecified atom stereocenters. The van der Waals surface area contributed by atoms with E-state index in [0.29, 0.717) is 18.2 Å². The fraction of sp³-hybridized carbons (Fsp3) is 0.391. The smallest absolute Gasteiger partial charge is 0.318 e. The van der Waals surface area contributed by atoms with E-state index in [-0.39, 0.29) is 18.5 Å². The van der Waals surface area contributed by atoms with Gasteiger partial charge in [0.2, 0.25) is 0 Å². The molecular weight excluding hydrogens is 366 g/mol. The van der Waals surface area contributed by atoms with Crippen LogP contribution in [0.2, 0.25) is 0 Å². The van der Waals surface area contributed by atoms with Crippen molar-refractivity contribution in [3.63, 3.8) is 0 Å². The predicted octanol–water partition coefficient (Wildman–Crippen LogP) is 3.07. The fourth-order valence-electron chi connectivity index (χ4n) is 4.16. The van der Waals surface area contributed by atoms with Crippen LogP contribution in [0.5, 0.6) is 5.75 Å². The molecule has 2 aromatic rings. The molecule has 2 aliphatic rings. The maximum atomic E-state index is 12.9. The van der Waals surface area contributed by atoms with Gasteiger partial charge in [0, 0.05) is 20.1 Å². The van der Waals surface area contributed by atoms with Crippen molar-refractivity contribution in [3.05, 3.63) is 60.2 Å². The van der Waals surface area contributed by atoms with E-state index in [0.717, 1.165) is 31.5 Å². The largest absolute Gasteiger partial charge is 0.489 e. The summed E-state index contributed by atoms with van der Waals surface area (Å²) in [5.74, 6) is 0.923. The van der Waals surface area contributed by atoms with Crippen molar-refractivity contribution in [1.82, 2.24) is 10.2 Å². The van der Waals surface area contributed by atoms with E-state index in [9.17, 15) is 9.59 Å². The Morgan fingerprint density at radius 1 is 1.14 bits per heavy atom. The highest BCUT2D eigenvalue weighted by Gasteiger charge is 2.32. The molecule has 3 amide bonds. The van der Waals surface area contributed by atoms with Gasteiger partial charge in [-0.3, -0.25) is 4.79 Å². The number of piperidine rings is 1. The molecule has 6 nitrogen and oxygen atoms in total. The van der Waals surface area contributed by atoms with E-state index in [4.69, 9.17) is 4.74 Å². The number of ether oxygens (including phenoxy) is 1. The SMILES string of the molecule is CN1C(=O)[C@@H](NC(=O)N2CCC[C@H](Cc3ccccc3)C2)COc2ccccc21. The van der Waals surface area contributed by atoms with Gasteiger partial charge in [-0.15, -0.1) is 0 Å². The number of carbonyl (C=O) groups is 2. The van der Waals surface area contributed by atoms with Crippen molar-refractivity contribution in [2.24, 2.45) is 5.92 Å². The number of likely N-dealkylation sites (tertiary alicyclic amines) is 1. The maximum Gasteiger partial charge on any atom is 0.318 e. The molecule has 0 spiro atoms. The summed E-state index contributed by atoms with van der Waals surface area (Å²) in [5, 5.41) is 2.90. The minimum absolute atomic E-state index is 0.132. The quantitative estimate of drug-likeness (QED) is 0.872. The van der Waals surface area contributed by atoms with Crippen LogP contribution in [0.1, 0.15) is 18.4 Å². The fourth-order valence-corrected chi connectivity index (χ4v) is 4.16. The van der Waals surface area contributed by atoms with E-state index >= 15 is 0 Å². The van der Waals surface area contributed by atoms with Gasteiger partial charge in [0.05, 0.1) is 5.69 Å². The summed E-state index contributed by atoms with van der Waals surface area (Å²) in [6.45, 7) is 1.56. The molecule has 2 heterocycles. The van der Waals surface area contributed by atoms with Crippen LogP contribution in [0.25, 0.3) is 0 Å². The Morgan fingerprint density at radius 3 is 2.72 bits per heavy atom. The van der Waals surface area contributed by atoms with Crippen LogP contribution in [0.3, 0.4) is 0 Å². The molecule has 1 fully saturated rings. The van der Waals surface area contributed by atoms with Gasteiger partial charge in [0.1, 0.15) is 18.4 Å². The lowest BCUT2D eigenvalue weighted by atomic mass is 9.91. The normalized spacial score (nSPS) is 21.8. The number of hydrogen-bond donors (Lipinski definition) is 1. The number of urea groups is 1. The molecule has 2 aliphatic heterocycles. The third kappa shape index (κ3) is 4.36. The first kappa shape index (κ1) is 19.3. The monoisotopic (exact) mass is 393 g/mol. The summed E-state index contributed by atoms with van der Waals surface area (Å²) in [4.78, 5) is 29.1. The number of fused-ring (bicyclic) bond motifs is 1. The number of hydrogen-bond acceptors (Lipinski definition) is 3. The third-order valence-corrected chi connectivity index (χ3v) is 5.73. The Bertz CT molecular complexity index is 871. The number of para-hydroxylation sites is 2. The molecule has 0 aliphatic carbocycles. The molecular formula is C23H27N3O3. The molecule has 152 valence electrons. The first-order chi connectivity index (χ1) is 14.1. The molecule has 0 aromatic heterocycles. The van der Waals surface area contributed by atoms with Crippen LogP contribution < -0.4 is 15.0 Å². The second-order valence-corrected chi connectivity index (χ2v) is 7.82. The van der Waals surface area contributed by atoms with Crippen molar-refractivity contribution >= 4 is 17.6 Å². The first-order valence-electron chi connectivity index (χ1n) is 10.2. The highest BCUT2D eigenvalue weighted by atomic mass is 16.5. The Morgan fingerprint density at radius 2 is 1.90 bits per heavy atom. The van der Waals surface area contributed by atoms with Gasteiger partial charge in [-0.05, 0) is 42.9 Å². The number of amides is 3. The second kappa shape index (κ2) is 8.55. The summed E-state index contributed by atoms with van der Waals surface area (Å²) >= 11 is 0. The van der Waals surface area contributed by atoms with Crippen molar-refractivity contribution in [1.29, 1.82) is 0 Å². The number of nitrogens with one attached hydrogen (secondary N) is 1. The van der Waals surface area contributed by atoms with E-state index in [1.807, 2.05) is 35.2 Å². The number of nitrogens with zero attached hydrogens (tertiary/aromatic N) is 2. The average Bonchev–Trinajstić information content (AvgIpc) is 2.87. The van der Waals surface area contributed by atoms with Gasteiger partial charge in [-0.2, -0.15) is 0 Å². The lowest BCUT2D eigenvalue weighted by molar-refractivity contribution is -0.120. The lowest BCUT2D eigenvalue weighted by Crippen LogP contribution is -2.54. The molecule has 0 bridgehead atoms. The topological polar surface area (TPSA) is 61.9 Å². The Balaban J connectivity index is 1.38. The number of carbonyl (C=O) groups excluding carboxylic acids is 2. The second-order valence-electron chi connectivity index (χ2n) is 7.82. The number of likely N-dealkylation sites (N-methyl/N-ethyl adjacent to an activating group) is 1. The van der Waals surface area contributed by atoms with Crippen molar-refractivity contribution < 1.29 is 14.3 Å². The van der Waals surface area contributed by atoms with Crippen molar-refractivity contribution in [3.8, 4) is 5.75 Å². The Hall–Kier alpha value is -3.02. The predicted molar refractivity (Wildman–Crippen MR) is 112 cm³/mol.